The highest BCUT2D eigenvalue weighted by Gasteiger charge is 2.15. The number of methoxy groups -OCH3 is 1. The van der Waals surface area contributed by atoms with Gasteiger partial charge in [-0.05, 0) is 30.7 Å². The number of nitrogens with zero attached hydrogens (tertiary/aromatic N) is 2. The molecule has 3 rings (SSSR count). The second-order valence-corrected chi connectivity index (χ2v) is 6.84. The summed E-state index contributed by atoms with van der Waals surface area (Å²) in [6.07, 6.45) is 3.46. The van der Waals surface area contributed by atoms with Crippen molar-refractivity contribution < 1.29 is 4.74 Å². The number of unbranched alkanes of at least 4 members (excludes halogenated alkanes) is 2. The molecule has 0 aliphatic rings. The van der Waals surface area contributed by atoms with Crippen molar-refractivity contribution in [2.45, 2.75) is 31.3 Å². The molecule has 0 aliphatic heterocycles. The van der Waals surface area contributed by atoms with Gasteiger partial charge in [0.05, 0.1) is 23.7 Å². The van der Waals surface area contributed by atoms with Gasteiger partial charge in [-0.1, -0.05) is 55.8 Å². The minimum atomic E-state index is -0.0620. The standard InChI is InChI=1S/C20H22N2O2S/c1-3-4-9-14-25-20-21-16-11-6-5-10-15(16)19(23)22(20)17-12-7-8-13-18(17)24-2/h5-8,10-13H,3-4,9,14H2,1-2H3. The van der Waals surface area contributed by atoms with Gasteiger partial charge in [-0.25, -0.2) is 4.98 Å². The maximum Gasteiger partial charge on any atom is 0.266 e. The lowest BCUT2D eigenvalue weighted by Gasteiger charge is -2.15. The Bertz CT molecular complexity index is 921. The Hall–Kier alpha value is -2.27. The zero-order chi connectivity index (χ0) is 17.6. The van der Waals surface area contributed by atoms with E-state index in [0.29, 0.717) is 16.3 Å². The molecule has 0 bridgehead atoms. The third-order valence-corrected chi connectivity index (χ3v) is 5.07. The number of rotatable bonds is 7. The van der Waals surface area contributed by atoms with Crippen LogP contribution in [0.1, 0.15) is 26.2 Å². The van der Waals surface area contributed by atoms with Crippen LogP contribution < -0.4 is 10.3 Å². The van der Waals surface area contributed by atoms with Crippen LogP contribution in [0.3, 0.4) is 0 Å². The molecule has 3 aromatic rings. The summed E-state index contributed by atoms with van der Waals surface area (Å²) in [5.74, 6) is 1.60. The zero-order valence-electron chi connectivity index (χ0n) is 14.6. The van der Waals surface area contributed by atoms with Crippen LogP contribution in [-0.4, -0.2) is 22.4 Å². The Balaban J connectivity index is 2.16. The fourth-order valence-electron chi connectivity index (χ4n) is 2.75. The van der Waals surface area contributed by atoms with Crippen LogP contribution in [0.15, 0.2) is 58.5 Å². The van der Waals surface area contributed by atoms with E-state index in [1.807, 2.05) is 48.5 Å². The van der Waals surface area contributed by atoms with Crippen LogP contribution >= 0.6 is 11.8 Å². The van der Waals surface area contributed by atoms with Gasteiger partial charge in [-0.15, -0.1) is 0 Å². The van der Waals surface area contributed by atoms with E-state index in [-0.39, 0.29) is 5.56 Å². The highest BCUT2D eigenvalue weighted by Crippen LogP contribution is 2.27. The first kappa shape index (κ1) is 17.5. The lowest BCUT2D eigenvalue weighted by Crippen LogP contribution is -2.22. The SMILES string of the molecule is CCCCCSc1nc2ccccc2c(=O)n1-c1ccccc1OC. The number of ether oxygens (including phenoxy) is 1. The maximum atomic E-state index is 13.2. The minimum absolute atomic E-state index is 0.0620. The Morgan fingerprint density at radius 2 is 1.84 bits per heavy atom. The Morgan fingerprint density at radius 1 is 1.08 bits per heavy atom. The maximum absolute atomic E-state index is 13.2. The molecule has 0 fully saturated rings. The van der Waals surface area contributed by atoms with E-state index in [2.05, 4.69) is 6.92 Å². The number of benzene rings is 2. The summed E-state index contributed by atoms with van der Waals surface area (Å²) < 4.78 is 7.15. The largest absolute Gasteiger partial charge is 0.495 e. The van der Waals surface area contributed by atoms with Gasteiger partial charge in [0.25, 0.3) is 5.56 Å². The topological polar surface area (TPSA) is 44.1 Å². The van der Waals surface area contributed by atoms with Crippen molar-refractivity contribution in [2.24, 2.45) is 0 Å². The number of hydrogen-bond acceptors (Lipinski definition) is 4. The van der Waals surface area contributed by atoms with Gasteiger partial charge >= 0.3 is 0 Å². The average molecular weight is 354 g/mol. The summed E-state index contributed by atoms with van der Waals surface area (Å²) in [7, 11) is 1.62. The molecule has 0 saturated heterocycles. The summed E-state index contributed by atoms with van der Waals surface area (Å²) in [4.78, 5) is 17.9. The molecule has 0 saturated carbocycles. The first-order valence-corrected chi connectivity index (χ1v) is 9.52. The molecule has 2 aromatic carbocycles. The van der Waals surface area contributed by atoms with Crippen molar-refractivity contribution in [3.05, 3.63) is 58.9 Å². The Labute approximate surface area is 151 Å². The third kappa shape index (κ3) is 3.71. The fourth-order valence-corrected chi connectivity index (χ4v) is 3.76. The average Bonchev–Trinajstić information content (AvgIpc) is 2.65. The molecule has 1 aromatic heterocycles. The van der Waals surface area contributed by atoms with Gasteiger partial charge in [0.2, 0.25) is 0 Å². The van der Waals surface area contributed by atoms with Gasteiger partial charge < -0.3 is 4.74 Å². The second kappa shape index (κ2) is 8.21. The van der Waals surface area contributed by atoms with Gasteiger partial charge in [-0.2, -0.15) is 0 Å². The number of thioether (sulfide) groups is 1. The number of para-hydroxylation sites is 3. The number of fused-ring (bicyclic) bond motifs is 1. The highest BCUT2D eigenvalue weighted by molar-refractivity contribution is 7.99. The van der Waals surface area contributed by atoms with Gasteiger partial charge in [0, 0.05) is 5.75 Å². The van der Waals surface area contributed by atoms with Crippen LogP contribution in [-0.2, 0) is 0 Å². The molecule has 1 heterocycles. The summed E-state index contributed by atoms with van der Waals surface area (Å²) in [5.41, 5.74) is 1.40. The summed E-state index contributed by atoms with van der Waals surface area (Å²) >= 11 is 1.63. The summed E-state index contributed by atoms with van der Waals surface area (Å²) in [6, 6.07) is 15.1. The third-order valence-electron chi connectivity index (χ3n) is 4.05. The van der Waals surface area contributed by atoms with Crippen molar-refractivity contribution >= 4 is 22.7 Å². The van der Waals surface area contributed by atoms with E-state index in [1.54, 1.807) is 23.4 Å². The molecular formula is C20H22N2O2S. The predicted octanol–water partition coefficient (Wildman–Crippen LogP) is 4.68. The summed E-state index contributed by atoms with van der Waals surface area (Å²) in [6.45, 7) is 2.18. The van der Waals surface area contributed by atoms with E-state index in [4.69, 9.17) is 9.72 Å². The molecule has 130 valence electrons. The summed E-state index contributed by atoms with van der Waals surface area (Å²) in [5, 5.41) is 1.33. The van der Waals surface area contributed by atoms with E-state index in [0.717, 1.165) is 23.4 Å². The van der Waals surface area contributed by atoms with Gasteiger partial charge in [-0.3, -0.25) is 9.36 Å². The second-order valence-electron chi connectivity index (χ2n) is 5.78. The highest BCUT2D eigenvalue weighted by atomic mass is 32.2. The first-order valence-electron chi connectivity index (χ1n) is 8.54. The lowest BCUT2D eigenvalue weighted by atomic mass is 10.2. The van der Waals surface area contributed by atoms with Crippen LogP contribution in [0.2, 0.25) is 0 Å². The van der Waals surface area contributed by atoms with E-state index >= 15 is 0 Å². The van der Waals surface area contributed by atoms with Crippen LogP contribution in [0.25, 0.3) is 16.6 Å². The van der Waals surface area contributed by atoms with Crippen LogP contribution in [0.5, 0.6) is 5.75 Å². The molecule has 0 unspecified atom stereocenters. The van der Waals surface area contributed by atoms with Crippen molar-refractivity contribution in [1.82, 2.24) is 9.55 Å². The fraction of sp³-hybridized carbons (Fsp3) is 0.300. The molecule has 5 heteroatoms. The van der Waals surface area contributed by atoms with Crippen molar-refractivity contribution in [2.75, 3.05) is 12.9 Å². The molecular weight excluding hydrogens is 332 g/mol. The van der Waals surface area contributed by atoms with Crippen molar-refractivity contribution in [1.29, 1.82) is 0 Å². The number of aromatic nitrogens is 2. The molecule has 4 nitrogen and oxygen atoms in total. The Kier molecular flexibility index (Phi) is 5.76. The van der Waals surface area contributed by atoms with E-state index < -0.39 is 0 Å². The van der Waals surface area contributed by atoms with E-state index in [9.17, 15) is 4.79 Å². The Morgan fingerprint density at radius 3 is 2.64 bits per heavy atom. The molecule has 25 heavy (non-hydrogen) atoms. The van der Waals surface area contributed by atoms with Crippen LogP contribution in [0.4, 0.5) is 0 Å². The van der Waals surface area contributed by atoms with Crippen LogP contribution in [0, 0.1) is 0 Å². The normalized spacial score (nSPS) is 11.0. The van der Waals surface area contributed by atoms with Crippen molar-refractivity contribution in [3.63, 3.8) is 0 Å². The zero-order valence-corrected chi connectivity index (χ0v) is 15.4. The van der Waals surface area contributed by atoms with Gasteiger partial charge in [0.1, 0.15) is 5.75 Å². The number of hydrogen-bond donors (Lipinski definition) is 0. The lowest BCUT2D eigenvalue weighted by molar-refractivity contribution is 0.411. The molecule has 0 N–H and O–H groups in total. The molecule has 0 spiro atoms. The van der Waals surface area contributed by atoms with Gasteiger partial charge in [0.15, 0.2) is 5.16 Å². The van der Waals surface area contributed by atoms with Crippen molar-refractivity contribution in [3.8, 4) is 11.4 Å². The quantitative estimate of drug-likeness (QED) is 0.351. The molecule has 0 atom stereocenters. The minimum Gasteiger partial charge on any atom is -0.495 e. The van der Waals surface area contributed by atoms with E-state index in [1.165, 1.54) is 12.8 Å². The molecule has 0 amide bonds. The molecule has 0 radical (unpaired) electrons. The monoisotopic (exact) mass is 354 g/mol. The molecule has 0 aliphatic carbocycles. The first-order chi connectivity index (χ1) is 12.3. The smallest absolute Gasteiger partial charge is 0.266 e. The predicted molar refractivity (Wildman–Crippen MR) is 104 cm³/mol.